The summed E-state index contributed by atoms with van der Waals surface area (Å²) in [6.07, 6.45) is 2.61. The lowest BCUT2D eigenvalue weighted by Gasteiger charge is -2.41. The lowest BCUT2D eigenvalue weighted by Crippen LogP contribution is -3.00. The topological polar surface area (TPSA) is 29.5 Å². The Hall–Kier alpha value is 0.360. The molecule has 1 unspecified atom stereocenters. The van der Waals surface area contributed by atoms with Crippen LogP contribution < -0.4 is 17.0 Å². The van der Waals surface area contributed by atoms with Crippen LogP contribution in [-0.4, -0.2) is 54.1 Å². The molecule has 4 bridgehead atoms. The van der Waals surface area contributed by atoms with Crippen molar-refractivity contribution in [1.82, 2.24) is 0 Å². The fraction of sp³-hybridized carbons (Fsp3) is 1.00. The normalized spacial score (nSPS) is 55.2. The molecule has 4 aliphatic heterocycles. The third-order valence-electron chi connectivity index (χ3n) is 4.18. The Morgan fingerprint density at radius 1 is 1.23 bits per heavy atom. The molecular formula is C9H16BrNO2. The largest absolute Gasteiger partial charge is 1.00 e. The van der Waals surface area contributed by atoms with Gasteiger partial charge in [0.2, 0.25) is 0 Å². The Labute approximate surface area is 89.0 Å². The molecule has 0 radical (unpaired) electrons. The lowest BCUT2D eigenvalue weighted by molar-refractivity contribution is -0.930. The molecule has 1 N–H and O–H groups in total. The second-order valence-electron chi connectivity index (χ2n) is 4.95. The highest BCUT2D eigenvalue weighted by Gasteiger charge is 2.66. The SMILES string of the molecule is C[N+]1(C)C2C[C@@H]3C[C@H]1[C@H](O)[C@H]2O3.[Br-]. The van der Waals surface area contributed by atoms with Crippen molar-refractivity contribution in [3.05, 3.63) is 0 Å². The zero-order chi connectivity index (χ0) is 8.51. The van der Waals surface area contributed by atoms with Crippen molar-refractivity contribution in [2.24, 2.45) is 0 Å². The molecule has 3 nitrogen and oxygen atoms in total. The van der Waals surface area contributed by atoms with Crippen LogP contribution in [0.15, 0.2) is 0 Å². The number of quaternary nitrogens is 1. The van der Waals surface area contributed by atoms with E-state index < -0.39 is 0 Å². The summed E-state index contributed by atoms with van der Waals surface area (Å²) in [6.45, 7) is 0. The average Bonchev–Trinajstić information content (AvgIpc) is 2.39. The maximum absolute atomic E-state index is 9.90. The van der Waals surface area contributed by atoms with E-state index in [2.05, 4.69) is 14.1 Å². The van der Waals surface area contributed by atoms with Crippen LogP contribution in [0.4, 0.5) is 0 Å². The van der Waals surface area contributed by atoms with Gasteiger partial charge < -0.3 is 31.3 Å². The maximum Gasteiger partial charge on any atom is 0.141 e. The first-order chi connectivity index (χ1) is 5.60. The Morgan fingerprint density at radius 3 is 2.38 bits per heavy atom. The zero-order valence-corrected chi connectivity index (χ0v) is 9.57. The number of rotatable bonds is 0. The number of ether oxygens (including phenoxy) is 1. The van der Waals surface area contributed by atoms with Crippen molar-refractivity contribution in [2.45, 2.75) is 43.2 Å². The Bertz CT molecular complexity index is 230. The summed E-state index contributed by atoms with van der Waals surface area (Å²) in [7, 11) is 4.45. The molecule has 5 atom stereocenters. The predicted molar refractivity (Wildman–Crippen MR) is 43.6 cm³/mol. The number of halogens is 1. The van der Waals surface area contributed by atoms with Gasteiger partial charge in [-0.2, -0.15) is 0 Å². The van der Waals surface area contributed by atoms with E-state index in [1.165, 1.54) is 0 Å². The monoisotopic (exact) mass is 249 g/mol. The van der Waals surface area contributed by atoms with E-state index in [0.29, 0.717) is 18.2 Å². The smallest absolute Gasteiger partial charge is 0.141 e. The molecule has 4 heterocycles. The maximum atomic E-state index is 9.90. The second-order valence-corrected chi connectivity index (χ2v) is 4.95. The number of likely N-dealkylation sites (N-methyl/N-ethyl adjacent to an activating group) is 1. The Kier molecular flexibility index (Phi) is 2.05. The van der Waals surface area contributed by atoms with Crippen molar-refractivity contribution >= 4 is 0 Å². The van der Waals surface area contributed by atoms with Gasteiger partial charge in [0.05, 0.1) is 20.2 Å². The fourth-order valence-corrected chi connectivity index (χ4v) is 3.42. The first-order valence-corrected chi connectivity index (χ1v) is 4.77. The van der Waals surface area contributed by atoms with Gasteiger partial charge in [-0.05, 0) is 0 Å². The molecule has 13 heavy (non-hydrogen) atoms. The summed E-state index contributed by atoms with van der Waals surface area (Å²) >= 11 is 0. The second kappa shape index (κ2) is 2.69. The standard InChI is InChI=1S/C9H16NO2.BrH/c1-10(2)6-3-5-4-7(10)9(12-5)8(6)11;/h5-9,11H,3-4H2,1-2H3;1H/q+1;/p-1/t5-,6-,7?,8-,9-;/m0./s1. The van der Waals surface area contributed by atoms with Crippen molar-refractivity contribution in [3.8, 4) is 0 Å². The molecule has 0 aromatic heterocycles. The van der Waals surface area contributed by atoms with Crippen LogP contribution in [0.2, 0.25) is 0 Å². The minimum atomic E-state index is -0.205. The van der Waals surface area contributed by atoms with Crippen LogP contribution in [0.25, 0.3) is 0 Å². The van der Waals surface area contributed by atoms with Gasteiger partial charge in [-0.25, -0.2) is 0 Å². The van der Waals surface area contributed by atoms with Gasteiger partial charge in [0.1, 0.15) is 24.3 Å². The summed E-state index contributed by atoms with van der Waals surface area (Å²) in [5.41, 5.74) is 0. The Morgan fingerprint density at radius 2 is 1.85 bits per heavy atom. The summed E-state index contributed by atoms with van der Waals surface area (Å²) < 4.78 is 6.71. The highest BCUT2D eigenvalue weighted by Crippen LogP contribution is 2.48. The zero-order valence-electron chi connectivity index (χ0n) is 7.98. The third kappa shape index (κ3) is 1.00. The molecule has 4 saturated heterocycles. The molecule has 0 saturated carbocycles. The first-order valence-electron chi connectivity index (χ1n) is 4.77. The fourth-order valence-electron chi connectivity index (χ4n) is 3.42. The van der Waals surface area contributed by atoms with Crippen LogP contribution >= 0.6 is 0 Å². The summed E-state index contributed by atoms with van der Waals surface area (Å²) in [4.78, 5) is 0. The van der Waals surface area contributed by atoms with Crippen molar-refractivity contribution in [2.75, 3.05) is 14.1 Å². The molecule has 0 aromatic rings. The molecule has 4 fully saturated rings. The Balaban J connectivity index is 0.000000653. The number of nitrogens with zero attached hydrogens (tertiary/aromatic N) is 1. The molecule has 0 aliphatic carbocycles. The van der Waals surface area contributed by atoms with Gasteiger partial charge in [-0.3, -0.25) is 0 Å². The summed E-state index contributed by atoms with van der Waals surface area (Å²) in [6, 6.07) is 0.997. The number of aliphatic hydroxyl groups is 1. The average molecular weight is 250 g/mol. The third-order valence-corrected chi connectivity index (χ3v) is 4.18. The van der Waals surface area contributed by atoms with Crippen molar-refractivity contribution in [3.63, 3.8) is 0 Å². The van der Waals surface area contributed by atoms with E-state index in [1.54, 1.807) is 0 Å². The van der Waals surface area contributed by atoms with Gasteiger partial charge in [0.15, 0.2) is 0 Å². The van der Waals surface area contributed by atoms with Crippen molar-refractivity contribution < 1.29 is 31.3 Å². The number of aliphatic hydroxyl groups excluding tert-OH is 1. The molecule has 0 spiro atoms. The van der Waals surface area contributed by atoms with Crippen LogP contribution in [0.5, 0.6) is 0 Å². The van der Waals surface area contributed by atoms with E-state index in [1.807, 2.05) is 0 Å². The molecule has 0 aromatic carbocycles. The molecule has 76 valence electrons. The minimum absolute atomic E-state index is 0. The number of piperidine rings is 1. The van der Waals surface area contributed by atoms with Crippen LogP contribution in [0.1, 0.15) is 12.8 Å². The molecule has 4 aliphatic rings. The molecule has 4 rings (SSSR count). The highest BCUT2D eigenvalue weighted by molar-refractivity contribution is 5.04. The van der Waals surface area contributed by atoms with Crippen LogP contribution in [0.3, 0.4) is 0 Å². The summed E-state index contributed by atoms with van der Waals surface area (Å²) in [5.74, 6) is 0. The van der Waals surface area contributed by atoms with Gasteiger partial charge in [0.25, 0.3) is 0 Å². The van der Waals surface area contributed by atoms with E-state index in [4.69, 9.17) is 4.74 Å². The number of hydrogen-bond donors (Lipinski definition) is 1. The summed E-state index contributed by atoms with van der Waals surface area (Å²) in [5, 5.41) is 9.90. The van der Waals surface area contributed by atoms with E-state index in [0.717, 1.165) is 17.3 Å². The minimum Gasteiger partial charge on any atom is -1.00 e. The predicted octanol–water partition coefficient (Wildman–Crippen LogP) is -3.26. The van der Waals surface area contributed by atoms with E-state index >= 15 is 0 Å². The van der Waals surface area contributed by atoms with E-state index in [9.17, 15) is 5.11 Å². The highest BCUT2D eigenvalue weighted by atomic mass is 79.9. The van der Waals surface area contributed by atoms with Gasteiger partial charge in [-0.1, -0.05) is 0 Å². The van der Waals surface area contributed by atoms with Crippen LogP contribution in [0, 0.1) is 0 Å². The van der Waals surface area contributed by atoms with Crippen molar-refractivity contribution in [1.29, 1.82) is 0 Å². The number of hydrogen-bond acceptors (Lipinski definition) is 2. The molecule has 0 amide bonds. The van der Waals surface area contributed by atoms with Gasteiger partial charge >= 0.3 is 0 Å². The van der Waals surface area contributed by atoms with Gasteiger partial charge in [-0.15, -0.1) is 0 Å². The lowest BCUT2D eigenvalue weighted by atomic mass is 9.98. The molecule has 4 heteroatoms. The molecular weight excluding hydrogens is 234 g/mol. The van der Waals surface area contributed by atoms with E-state index in [-0.39, 0.29) is 29.2 Å². The van der Waals surface area contributed by atoms with Gasteiger partial charge in [0, 0.05) is 12.8 Å². The van der Waals surface area contributed by atoms with Crippen LogP contribution in [-0.2, 0) is 4.74 Å². The first kappa shape index (κ1) is 9.90. The quantitative estimate of drug-likeness (QED) is 0.457.